The van der Waals surface area contributed by atoms with E-state index in [1.807, 2.05) is 51.1 Å². The van der Waals surface area contributed by atoms with Crippen molar-refractivity contribution in [3.05, 3.63) is 54.1 Å². The summed E-state index contributed by atoms with van der Waals surface area (Å²) in [4.78, 5) is 28.3. The second-order valence-electron chi connectivity index (χ2n) is 8.56. The second kappa shape index (κ2) is 13.2. The molecule has 0 spiro atoms. The molecule has 10 heteroatoms. The highest BCUT2D eigenvalue weighted by Gasteiger charge is 2.33. The molecule has 2 rings (SSSR count). The first kappa shape index (κ1) is 29.0. The Kier molecular flexibility index (Phi) is 10.6. The van der Waals surface area contributed by atoms with Crippen molar-refractivity contribution in [1.82, 2.24) is 10.2 Å². The number of nitrogens with zero attached hydrogens (tertiary/aromatic N) is 2. The molecule has 2 amide bonds. The number of methoxy groups -OCH3 is 2. The number of anilines is 1. The normalized spacial score (nSPS) is 12.8. The zero-order valence-electron chi connectivity index (χ0n) is 21.9. The number of hydrogen-bond acceptors (Lipinski definition) is 6. The number of sulfonamides is 1. The molecule has 2 aromatic carbocycles. The Bertz CT molecular complexity index is 1120. The summed E-state index contributed by atoms with van der Waals surface area (Å²) in [6, 6.07) is 13.2. The van der Waals surface area contributed by atoms with Crippen molar-refractivity contribution in [3.63, 3.8) is 0 Å². The van der Waals surface area contributed by atoms with Crippen molar-refractivity contribution in [2.24, 2.45) is 0 Å². The van der Waals surface area contributed by atoms with Gasteiger partial charge in [-0.25, -0.2) is 8.42 Å². The Labute approximate surface area is 214 Å². The highest BCUT2D eigenvalue weighted by atomic mass is 32.2. The molecule has 0 aliphatic rings. The van der Waals surface area contributed by atoms with Crippen LogP contribution in [0, 0.1) is 0 Å². The Morgan fingerprint density at radius 1 is 1.00 bits per heavy atom. The van der Waals surface area contributed by atoms with E-state index in [0.29, 0.717) is 12.2 Å². The zero-order valence-corrected chi connectivity index (χ0v) is 22.7. The zero-order chi connectivity index (χ0) is 26.9. The van der Waals surface area contributed by atoms with Crippen molar-refractivity contribution < 1.29 is 27.5 Å². The third-order valence-corrected chi connectivity index (χ3v) is 7.04. The second-order valence-corrected chi connectivity index (χ2v) is 10.5. The maximum atomic E-state index is 13.8. The molecule has 9 nitrogen and oxygen atoms in total. The van der Waals surface area contributed by atoms with Gasteiger partial charge in [0.05, 0.1) is 26.2 Å². The fourth-order valence-corrected chi connectivity index (χ4v) is 4.57. The van der Waals surface area contributed by atoms with Gasteiger partial charge in [0.15, 0.2) is 0 Å². The molecular weight excluding hydrogens is 482 g/mol. The number of amides is 2. The number of nitrogens with one attached hydrogen (secondary N) is 1. The monoisotopic (exact) mass is 519 g/mol. The smallest absolute Gasteiger partial charge is 0.244 e. The lowest BCUT2D eigenvalue weighted by atomic mass is 10.1. The molecule has 36 heavy (non-hydrogen) atoms. The van der Waals surface area contributed by atoms with Crippen LogP contribution in [0.25, 0.3) is 0 Å². The summed E-state index contributed by atoms with van der Waals surface area (Å²) >= 11 is 0. The Balaban J connectivity index is 2.50. The minimum absolute atomic E-state index is 0.0613. The molecule has 198 valence electrons. The first-order valence-corrected chi connectivity index (χ1v) is 13.7. The van der Waals surface area contributed by atoms with E-state index in [9.17, 15) is 18.0 Å². The van der Waals surface area contributed by atoms with Crippen LogP contribution in [0.2, 0.25) is 0 Å². The number of rotatable bonds is 13. The molecule has 0 unspecified atom stereocenters. The van der Waals surface area contributed by atoms with Crippen LogP contribution in [0.3, 0.4) is 0 Å². The van der Waals surface area contributed by atoms with Gasteiger partial charge in [0.25, 0.3) is 0 Å². The number of carbonyl (C=O) groups excluding carboxylic acids is 2. The van der Waals surface area contributed by atoms with Crippen LogP contribution in [0.15, 0.2) is 48.5 Å². The van der Waals surface area contributed by atoms with E-state index in [0.717, 1.165) is 22.5 Å². The van der Waals surface area contributed by atoms with Gasteiger partial charge < -0.3 is 19.7 Å². The van der Waals surface area contributed by atoms with E-state index >= 15 is 0 Å². The summed E-state index contributed by atoms with van der Waals surface area (Å²) in [6.45, 7) is 5.32. The average molecular weight is 520 g/mol. The number of ether oxygens (including phenoxy) is 2. The van der Waals surface area contributed by atoms with Crippen molar-refractivity contribution in [1.29, 1.82) is 0 Å². The summed E-state index contributed by atoms with van der Waals surface area (Å²) < 4.78 is 37.3. The maximum Gasteiger partial charge on any atom is 0.244 e. The first-order valence-electron chi connectivity index (χ1n) is 11.9. The molecule has 2 aromatic rings. The first-order chi connectivity index (χ1) is 17.0. The van der Waals surface area contributed by atoms with E-state index < -0.39 is 28.5 Å². The lowest BCUT2D eigenvalue weighted by Crippen LogP contribution is -2.53. The van der Waals surface area contributed by atoms with Gasteiger partial charge >= 0.3 is 0 Å². The maximum absolute atomic E-state index is 13.8. The van der Waals surface area contributed by atoms with Gasteiger partial charge in [-0.3, -0.25) is 13.9 Å². The largest absolute Gasteiger partial charge is 0.497 e. The molecule has 0 aliphatic heterocycles. The van der Waals surface area contributed by atoms with E-state index in [1.54, 1.807) is 12.1 Å². The highest BCUT2D eigenvalue weighted by molar-refractivity contribution is 7.92. The van der Waals surface area contributed by atoms with Crippen LogP contribution >= 0.6 is 0 Å². The van der Waals surface area contributed by atoms with Gasteiger partial charge in [-0.15, -0.1) is 0 Å². The van der Waals surface area contributed by atoms with E-state index in [1.165, 1.54) is 25.2 Å². The highest BCUT2D eigenvalue weighted by Crippen LogP contribution is 2.34. The molecule has 0 radical (unpaired) electrons. The fourth-order valence-electron chi connectivity index (χ4n) is 3.73. The Morgan fingerprint density at radius 3 is 2.19 bits per heavy atom. The van der Waals surface area contributed by atoms with Crippen LogP contribution in [0.1, 0.15) is 39.2 Å². The molecule has 0 aromatic heterocycles. The van der Waals surface area contributed by atoms with Gasteiger partial charge in [0.1, 0.15) is 24.1 Å². The van der Waals surface area contributed by atoms with Crippen LogP contribution in [-0.2, 0) is 26.2 Å². The number of benzene rings is 2. The Morgan fingerprint density at radius 2 is 1.67 bits per heavy atom. The predicted octanol–water partition coefficient (Wildman–Crippen LogP) is 3.19. The van der Waals surface area contributed by atoms with Gasteiger partial charge in [-0.2, -0.15) is 0 Å². The van der Waals surface area contributed by atoms with Crippen LogP contribution in [0.4, 0.5) is 5.69 Å². The minimum Gasteiger partial charge on any atom is -0.497 e. The molecule has 0 heterocycles. The van der Waals surface area contributed by atoms with Crippen molar-refractivity contribution in [2.75, 3.05) is 31.3 Å². The molecule has 1 N–H and O–H groups in total. The van der Waals surface area contributed by atoms with Crippen LogP contribution in [0.5, 0.6) is 11.5 Å². The topological polar surface area (TPSA) is 105 Å². The summed E-state index contributed by atoms with van der Waals surface area (Å²) in [7, 11) is -1.02. The van der Waals surface area contributed by atoms with Crippen molar-refractivity contribution in [2.45, 2.75) is 52.2 Å². The van der Waals surface area contributed by atoms with Gasteiger partial charge in [0.2, 0.25) is 21.8 Å². The predicted molar refractivity (Wildman–Crippen MR) is 141 cm³/mol. The van der Waals surface area contributed by atoms with E-state index in [-0.39, 0.29) is 29.9 Å². The summed E-state index contributed by atoms with van der Waals surface area (Å²) in [5.41, 5.74) is 0.995. The SMILES string of the molecule is CC[C@H](C)NC(=O)[C@H](CC)N(Cc1ccccc1)C(=O)CN(c1cc(OC)ccc1OC)S(C)(=O)=O. The molecular formula is C26H37N3O6S. The lowest BCUT2D eigenvalue weighted by molar-refractivity contribution is -0.140. The number of hydrogen-bond donors (Lipinski definition) is 1. The minimum atomic E-state index is -3.90. The van der Waals surface area contributed by atoms with Crippen LogP contribution < -0.4 is 19.1 Å². The summed E-state index contributed by atoms with van der Waals surface area (Å²) in [6.07, 6.45) is 2.13. The lowest BCUT2D eigenvalue weighted by Gasteiger charge is -2.33. The average Bonchev–Trinajstić information content (AvgIpc) is 2.86. The van der Waals surface area contributed by atoms with Crippen LogP contribution in [-0.4, -0.2) is 64.2 Å². The molecule has 0 bridgehead atoms. The van der Waals surface area contributed by atoms with E-state index in [4.69, 9.17) is 9.47 Å². The van der Waals surface area contributed by atoms with E-state index in [2.05, 4.69) is 5.32 Å². The summed E-state index contributed by atoms with van der Waals surface area (Å²) in [5.74, 6) is -0.112. The molecule has 2 atom stereocenters. The Hall–Kier alpha value is -3.27. The third-order valence-electron chi connectivity index (χ3n) is 5.92. The number of carbonyl (C=O) groups is 2. The van der Waals surface area contributed by atoms with Crippen molar-refractivity contribution >= 4 is 27.5 Å². The van der Waals surface area contributed by atoms with Gasteiger partial charge in [0, 0.05) is 18.7 Å². The quantitative estimate of drug-likeness (QED) is 0.436. The molecule has 0 aliphatic carbocycles. The van der Waals surface area contributed by atoms with Gasteiger partial charge in [-0.1, -0.05) is 44.2 Å². The van der Waals surface area contributed by atoms with Crippen molar-refractivity contribution in [3.8, 4) is 11.5 Å². The summed E-state index contributed by atoms with van der Waals surface area (Å²) in [5, 5.41) is 2.95. The third kappa shape index (κ3) is 7.61. The molecule has 0 saturated carbocycles. The van der Waals surface area contributed by atoms with Gasteiger partial charge in [-0.05, 0) is 37.5 Å². The standard InChI is InChI=1S/C26H37N3O6S/c1-7-19(3)27-26(31)22(8-2)28(17-20-12-10-9-11-13-20)25(30)18-29(36(6,32)33)23-16-21(34-4)14-15-24(23)35-5/h9-16,19,22H,7-8,17-18H2,1-6H3,(H,27,31)/t19-,22-/m0/s1. The molecule has 0 fully saturated rings. The fraction of sp³-hybridized carbons (Fsp3) is 0.462. The molecule has 0 saturated heterocycles.